The fourth-order valence-corrected chi connectivity index (χ4v) is 4.75. The van der Waals surface area contributed by atoms with Crippen molar-refractivity contribution in [1.82, 2.24) is 10.1 Å². The number of carbonyl (C=O) groups excluding carboxylic acids is 2. The largest absolute Gasteiger partial charge is 0.427 e. The molecular formula is C33H36N2O4. The molecule has 4 aromatic rings. The van der Waals surface area contributed by atoms with Gasteiger partial charge in [-0.3, -0.25) is 9.59 Å². The molecular weight excluding hydrogens is 488 g/mol. The minimum atomic E-state index is -0.222. The molecule has 0 fully saturated rings. The van der Waals surface area contributed by atoms with E-state index < -0.39 is 0 Å². The molecule has 6 heteroatoms. The first-order valence-corrected chi connectivity index (χ1v) is 13.7. The van der Waals surface area contributed by atoms with Gasteiger partial charge in [-0.25, -0.2) is 0 Å². The number of ether oxygens (including phenoxy) is 1. The maximum absolute atomic E-state index is 13.5. The number of nitrogens with zero attached hydrogens (tertiary/aromatic N) is 2. The van der Waals surface area contributed by atoms with Gasteiger partial charge in [-0.05, 0) is 61.4 Å². The SMILES string of the molecule is CCCC(=O)Oc1cccc(CCCN(CCC(c2ccccc2)c2ccccc2)C(=O)c2cc(C)on2)c1. The summed E-state index contributed by atoms with van der Waals surface area (Å²) in [6, 6.07) is 30.2. The maximum Gasteiger partial charge on any atom is 0.311 e. The van der Waals surface area contributed by atoms with Gasteiger partial charge in [-0.2, -0.15) is 0 Å². The second-order valence-electron chi connectivity index (χ2n) is 9.75. The molecule has 39 heavy (non-hydrogen) atoms. The van der Waals surface area contributed by atoms with Crippen molar-refractivity contribution in [2.45, 2.75) is 51.9 Å². The number of aryl methyl sites for hydroxylation is 2. The number of amides is 1. The third-order valence-electron chi connectivity index (χ3n) is 6.70. The molecule has 1 heterocycles. The van der Waals surface area contributed by atoms with Crippen LogP contribution in [0.1, 0.15) is 71.5 Å². The highest BCUT2D eigenvalue weighted by Gasteiger charge is 2.22. The fraction of sp³-hybridized carbons (Fsp3) is 0.303. The number of hydrogen-bond donors (Lipinski definition) is 0. The summed E-state index contributed by atoms with van der Waals surface area (Å²) in [7, 11) is 0. The van der Waals surface area contributed by atoms with Gasteiger partial charge < -0.3 is 14.2 Å². The second-order valence-corrected chi connectivity index (χ2v) is 9.75. The molecule has 0 atom stereocenters. The van der Waals surface area contributed by atoms with Gasteiger partial charge in [-0.1, -0.05) is 84.9 Å². The van der Waals surface area contributed by atoms with Crippen molar-refractivity contribution in [1.29, 1.82) is 0 Å². The van der Waals surface area contributed by atoms with E-state index in [4.69, 9.17) is 9.26 Å². The van der Waals surface area contributed by atoms with Crippen LogP contribution < -0.4 is 4.74 Å². The van der Waals surface area contributed by atoms with E-state index in [1.54, 1.807) is 19.1 Å². The molecule has 1 amide bonds. The van der Waals surface area contributed by atoms with E-state index in [0.717, 1.165) is 31.2 Å². The smallest absolute Gasteiger partial charge is 0.311 e. The molecule has 0 bridgehead atoms. The molecule has 202 valence electrons. The fourth-order valence-electron chi connectivity index (χ4n) is 4.75. The quantitative estimate of drug-likeness (QED) is 0.139. The maximum atomic E-state index is 13.5. The third kappa shape index (κ3) is 8.14. The van der Waals surface area contributed by atoms with E-state index >= 15 is 0 Å². The summed E-state index contributed by atoms with van der Waals surface area (Å²) in [5, 5.41) is 3.99. The Morgan fingerprint density at radius 3 is 2.21 bits per heavy atom. The van der Waals surface area contributed by atoms with E-state index in [9.17, 15) is 9.59 Å². The minimum Gasteiger partial charge on any atom is -0.427 e. The van der Waals surface area contributed by atoms with Crippen LogP contribution in [0.2, 0.25) is 0 Å². The highest BCUT2D eigenvalue weighted by Crippen LogP contribution is 2.28. The van der Waals surface area contributed by atoms with Crippen molar-refractivity contribution >= 4 is 11.9 Å². The second kappa shape index (κ2) is 14.1. The van der Waals surface area contributed by atoms with E-state index in [-0.39, 0.29) is 17.8 Å². The average molecular weight is 525 g/mol. The van der Waals surface area contributed by atoms with E-state index in [2.05, 4.69) is 53.7 Å². The van der Waals surface area contributed by atoms with Gasteiger partial charge in [0.2, 0.25) is 0 Å². The molecule has 6 nitrogen and oxygen atoms in total. The number of esters is 1. The first kappa shape index (κ1) is 27.8. The zero-order valence-electron chi connectivity index (χ0n) is 22.7. The number of carbonyl (C=O) groups is 2. The summed E-state index contributed by atoms with van der Waals surface area (Å²) in [6.45, 7) is 4.89. The molecule has 0 unspecified atom stereocenters. The van der Waals surface area contributed by atoms with Crippen LogP contribution in [0.5, 0.6) is 5.75 Å². The van der Waals surface area contributed by atoms with Crippen LogP contribution in [0.4, 0.5) is 0 Å². The lowest BCUT2D eigenvalue weighted by Gasteiger charge is -2.25. The average Bonchev–Trinajstić information content (AvgIpc) is 3.39. The first-order valence-electron chi connectivity index (χ1n) is 13.7. The number of rotatable bonds is 13. The summed E-state index contributed by atoms with van der Waals surface area (Å²) in [6.07, 6.45) is 3.44. The molecule has 0 aliphatic heterocycles. The highest BCUT2D eigenvalue weighted by atomic mass is 16.5. The standard InChI is InChI=1S/C33H36N2O4/c1-3-12-32(36)38-29-19-10-13-26(24-29)14-11-21-35(33(37)31-23-25(2)39-34-31)22-20-30(27-15-6-4-7-16-27)28-17-8-5-9-18-28/h4-10,13,15-19,23-24,30H,3,11-12,14,20-22H2,1-2H3. The van der Waals surface area contributed by atoms with Crippen LogP contribution in [0, 0.1) is 6.92 Å². The van der Waals surface area contributed by atoms with Gasteiger partial charge in [0.25, 0.3) is 5.91 Å². The highest BCUT2D eigenvalue weighted by molar-refractivity contribution is 5.92. The first-order chi connectivity index (χ1) is 19.0. The van der Waals surface area contributed by atoms with Gasteiger partial charge in [0.15, 0.2) is 5.69 Å². The van der Waals surface area contributed by atoms with E-state index in [1.807, 2.05) is 42.2 Å². The normalized spacial score (nSPS) is 10.9. The lowest BCUT2D eigenvalue weighted by atomic mass is 9.88. The number of aromatic nitrogens is 1. The lowest BCUT2D eigenvalue weighted by Crippen LogP contribution is -2.34. The third-order valence-corrected chi connectivity index (χ3v) is 6.70. The predicted molar refractivity (Wildman–Crippen MR) is 152 cm³/mol. The molecule has 0 radical (unpaired) electrons. The Morgan fingerprint density at radius 1 is 0.897 bits per heavy atom. The molecule has 4 rings (SSSR count). The van der Waals surface area contributed by atoms with Crippen LogP contribution in [0.15, 0.2) is 95.5 Å². The molecule has 0 saturated heterocycles. The monoisotopic (exact) mass is 524 g/mol. The zero-order valence-corrected chi connectivity index (χ0v) is 22.7. The topological polar surface area (TPSA) is 72.6 Å². The zero-order chi connectivity index (χ0) is 27.5. The number of benzene rings is 3. The van der Waals surface area contributed by atoms with Gasteiger partial charge in [0.1, 0.15) is 11.5 Å². The van der Waals surface area contributed by atoms with Crippen molar-refractivity contribution in [2.24, 2.45) is 0 Å². The Kier molecular flexibility index (Phi) is 10.1. The Labute approximate surface area is 230 Å². The Balaban J connectivity index is 1.46. The summed E-state index contributed by atoms with van der Waals surface area (Å²) >= 11 is 0. The molecule has 1 aromatic heterocycles. The predicted octanol–water partition coefficient (Wildman–Crippen LogP) is 6.99. The van der Waals surface area contributed by atoms with E-state index in [1.165, 1.54) is 11.1 Å². The summed E-state index contributed by atoms with van der Waals surface area (Å²) in [4.78, 5) is 27.2. The molecule has 0 saturated carbocycles. The molecule has 0 aliphatic rings. The van der Waals surface area contributed by atoms with Gasteiger partial charge in [0.05, 0.1) is 0 Å². The van der Waals surface area contributed by atoms with Crippen LogP contribution >= 0.6 is 0 Å². The molecule has 0 N–H and O–H groups in total. The molecule has 0 spiro atoms. The van der Waals surface area contributed by atoms with Gasteiger partial charge >= 0.3 is 5.97 Å². The van der Waals surface area contributed by atoms with Crippen molar-refractivity contribution in [2.75, 3.05) is 13.1 Å². The Bertz CT molecular complexity index is 1290. The van der Waals surface area contributed by atoms with Crippen molar-refractivity contribution in [3.05, 3.63) is 119 Å². The van der Waals surface area contributed by atoms with Crippen LogP contribution in [-0.2, 0) is 11.2 Å². The number of hydrogen-bond acceptors (Lipinski definition) is 5. The van der Waals surface area contributed by atoms with Crippen LogP contribution in [0.25, 0.3) is 0 Å². The van der Waals surface area contributed by atoms with Crippen LogP contribution in [-0.4, -0.2) is 35.0 Å². The van der Waals surface area contributed by atoms with Crippen LogP contribution in [0.3, 0.4) is 0 Å². The summed E-state index contributed by atoms with van der Waals surface area (Å²) < 4.78 is 10.6. The lowest BCUT2D eigenvalue weighted by molar-refractivity contribution is -0.134. The summed E-state index contributed by atoms with van der Waals surface area (Å²) in [5.74, 6) is 0.982. The van der Waals surface area contributed by atoms with Crippen molar-refractivity contribution in [3.63, 3.8) is 0 Å². The minimum absolute atomic E-state index is 0.131. The van der Waals surface area contributed by atoms with Crippen molar-refractivity contribution < 1.29 is 18.8 Å². The van der Waals surface area contributed by atoms with Crippen molar-refractivity contribution in [3.8, 4) is 5.75 Å². The molecule has 0 aliphatic carbocycles. The van der Waals surface area contributed by atoms with Gasteiger partial charge in [0, 0.05) is 31.5 Å². The van der Waals surface area contributed by atoms with Gasteiger partial charge in [-0.15, -0.1) is 0 Å². The summed E-state index contributed by atoms with van der Waals surface area (Å²) in [5.41, 5.74) is 3.84. The van der Waals surface area contributed by atoms with E-state index in [0.29, 0.717) is 36.7 Å². The Hall–Kier alpha value is -4.19. The Morgan fingerprint density at radius 2 is 1.59 bits per heavy atom. The molecule has 3 aromatic carbocycles.